The van der Waals surface area contributed by atoms with Gasteiger partial charge in [-0.1, -0.05) is 20.8 Å². The van der Waals surface area contributed by atoms with Crippen LogP contribution in [-0.2, 0) is 26.4 Å². The molecular weight excluding hydrogens is 352 g/mol. The van der Waals surface area contributed by atoms with Gasteiger partial charge in [0.2, 0.25) is 0 Å². The number of aryl methyl sites for hydroxylation is 3. The highest BCUT2D eigenvalue weighted by atomic mass is 16.3. The standard InChI is InChI=1S/C22H34N4O2/c1-13(2)15-5-7-19-18(21(15)27)12-26(24-19)10-9-14(3)16-6-8-20-17(22(16)28)11-23-25(20)4/h11-16,21-22,27-28H,5-10H2,1-4H3. The zero-order valence-corrected chi connectivity index (χ0v) is 17.5. The Morgan fingerprint density at radius 2 is 1.79 bits per heavy atom. The van der Waals surface area contributed by atoms with E-state index in [1.807, 2.05) is 22.6 Å². The lowest BCUT2D eigenvalue weighted by Crippen LogP contribution is -2.27. The van der Waals surface area contributed by atoms with Crippen LogP contribution in [0, 0.1) is 23.7 Å². The van der Waals surface area contributed by atoms with Gasteiger partial charge in [0.1, 0.15) is 0 Å². The van der Waals surface area contributed by atoms with Crippen molar-refractivity contribution >= 4 is 0 Å². The van der Waals surface area contributed by atoms with E-state index < -0.39 is 6.10 Å². The van der Waals surface area contributed by atoms with Crippen molar-refractivity contribution in [2.75, 3.05) is 0 Å². The number of rotatable bonds is 5. The number of hydrogen-bond acceptors (Lipinski definition) is 4. The summed E-state index contributed by atoms with van der Waals surface area (Å²) in [4.78, 5) is 0. The molecule has 5 atom stereocenters. The van der Waals surface area contributed by atoms with Crippen LogP contribution in [0.1, 0.15) is 74.8 Å². The molecule has 2 aliphatic carbocycles. The van der Waals surface area contributed by atoms with Crippen LogP contribution in [-0.4, -0.2) is 29.8 Å². The second kappa shape index (κ2) is 7.64. The quantitative estimate of drug-likeness (QED) is 0.827. The lowest BCUT2D eigenvalue weighted by Gasteiger charge is -2.32. The first-order chi connectivity index (χ1) is 13.4. The first-order valence-corrected chi connectivity index (χ1v) is 10.8. The molecule has 0 saturated carbocycles. The summed E-state index contributed by atoms with van der Waals surface area (Å²) in [7, 11) is 1.95. The van der Waals surface area contributed by atoms with Gasteiger partial charge in [-0.2, -0.15) is 10.2 Å². The molecule has 154 valence electrons. The number of aromatic nitrogens is 4. The minimum atomic E-state index is -0.424. The van der Waals surface area contributed by atoms with Gasteiger partial charge < -0.3 is 10.2 Å². The van der Waals surface area contributed by atoms with E-state index in [0.29, 0.717) is 17.8 Å². The molecule has 0 radical (unpaired) electrons. The maximum absolute atomic E-state index is 10.8. The molecule has 2 aliphatic rings. The Kier molecular flexibility index (Phi) is 5.36. The molecule has 2 N–H and O–H groups in total. The van der Waals surface area contributed by atoms with Crippen molar-refractivity contribution in [3.05, 3.63) is 34.9 Å². The molecule has 0 spiro atoms. The summed E-state index contributed by atoms with van der Waals surface area (Å²) in [6.45, 7) is 7.45. The number of aliphatic hydroxyl groups excluding tert-OH is 2. The van der Waals surface area contributed by atoms with E-state index in [1.54, 1.807) is 0 Å². The van der Waals surface area contributed by atoms with Crippen LogP contribution in [0.3, 0.4) is 0 Å². The minimum absolute atomic E-state index is 0.262. The van der Waals surface area contributed by atoms with Crippen LogP contribution in [0.25, 0.3) is 0 Å². The molecule has 0 fully saturated rings. The second-order valence-corrected chi connectivity index (χ2v) is 9.27. The predicted molar refractivity (Wildman–Crippen MR) is 108 cm³/mol. The molecule has 0 bridgehead atoms. The van der Waals surface area contributed by atoms with Gasteiger partial charge in [-0.3, -0.25) is 9.36 Å². The molecule has 0 amide bonds. The van der Waals surface area contributed by atoms with E-state index in [1.165, 1.54) is 5.69 Å². The minimum Gasteiger partial charge on any atom is -0.388 e. The zero-order chi connectivity index (χ0) is 20.0. The van der Waals surface area contributed by atoms with Gasteiger partial charge in [0.05, 0.1) is 24.1 Å². The monoisotopic (exact) mass is 386 g/mol. The Morgan fingerprint density at radius 1 is 1.07 bits per heavy atom. The summed E-state index contributed by atoms with van der Waals surface area (Å²) < 4.78 is 3.90. The van der Waals surface area contributed by atoms with Crippen LogP contribution in [0.5, 0.6) is 0 Å². The highest BCUT2D eigenvalue weighted by Gasteiger charge is 2.34. The average Bonchev–Trinajstić information content (AvgIpc) is 3.25. The smallest absolute Gasteiger partial charge is 0.0854 e. The number of nitrogens with zero attached hydrogens (tertiary/aromatic N) is 4. The zero-order valence-electron chi connectivity index (χ0n) is 17.5. The number of aliphatic hydroxyl groups is 2. The highest BCUT2D eigenvalue weighted by Crippen LogP contribution is 2.40. The van der Waals surface area contributed by atoms with Gasteiger partial charge >= 0.3 is 0 Å². The lowest BCUT2D eigenvalue weighted by atomic mass is 9.76. The van der Waals surface area contributed by atoms with Crippen molar-refractivity contribution in [2.45, 2.75) is 71.6 Å². The molecular formula is C22H34N4O2. The van der Waals surface area contributed by atoms with E-state index in [9.17, 15) is 10.2 Å². The molecule has 0 aliphatic heterocycles. The van der Waals surface area contributed by atoms with Crippen molar-refractivity contribution in [3.63, 3.8) is 0 Å². The maximum Gasteiger partial charge on any atom is 0.0854 e. The van der Waals surface area contributed by atoms with E-state index in [-0.39, 0.29) is 12.0 Å². The van der Waals surface area contributed by atoms with Crippen molar-refractivity contribution in [1.29, 1.82) is 0 Å². The molecule has 2 heterocycles. The third kappa shape index (κ3) is 3.41. The topological polar surface area (TPSA) is 76.1 Å². The van der Waals surface area contributed by atoms with Crippen molar-refractivity contribution < 1.29 is 10.2 Å². The maximum atomic E-state index is 10.8. The molecule has 6 nitrogen and oxygen atoms in total. The van der Waals surface area contributed by atoms with Gasteiger partial charge in [-0.15, -0.1) is 0 Å². The average molecular weight is 387 g/mol. The number of fused-ring (bicyclic) bond motifs is 2. The molecule has 0 aromatic carbocycles. The van der Waals surface area contributed by atoms with E-state index in [4.69, 9.17) is 5.10 Å². The van der Waals surface area contributed by atoms with Gasteiger partial charge in [0.25, 0.3) is 0 Å². The van der Waals surface area contributed by atoms with E-state index >= 15 is 0 Å². The Bertz CT molecular complexity index is 825. The van der Waals surface area contributed by atoms with Gasteiger partial charge in [-0.25, -0.2) is 0 Å². The van der Waals surface area contributed by atoms with E-state index in [0.717, 1.165) is 55.5 Å². The molecule has 6 heteroatoms. The van der Waals surface area contributed by atoms with Crippen LogP contribution >= 0.6 is 0 Å². The third-order valence-electron chi connectivity index (χ3n) is 7.24. The molecule has 4 rings (SSSR count). The summed E-state index contributed by atoms with van der Waals surface area (Å²) in [6.07, 6.45) is 8.00. The summed E-state index contributed by atoms with van der Waals surface area (Å²) in [5.74, 6) is 1.47. The van der Waals surface area contributed by atoms with E-state index in [2.05, 4.69) is 32.1 Å². The normalized spacial score (nSPS) is 28.2. The fourth-order valence-electron chi connectivity index (χ4n) is 5.29. The summed E-state index contributed by atoms with van der Waals surface area (Å²) in [5, 5.41) is 30.6. The first-order valence-electron chi connectivity index (χ1n) is 10.8. The Labute approximate surface area is 167 Å². The van der Waals surface area contributed by atoms with Crippen molar-refractivity contribution in [2.24, 2.45) is 30.7 Å². The van der Waals surface area contributed by atoms with Crippen LogP contribution in [0.15, 0.2) is 12.4 Å². The number of hydrogen-bond donors (Lipinski definition) is 2. The van der Waals surface area contributed by atoms with Crippen molar-refractivity contribution in [3.8, 4) is 0 Å². The fraction of sp³-hybridized carbons (Fsp3) is 0.727. The Hall–Kier alpha value is -1.66. The van der Waals surface area contributed by atoms with Crippen LogP contribution in [0.2, 0.25) is 0 Å². The Balaban J connectivity index is 1.40. The van der Waals surface area contributed by atoms with Gasteiger partial charge in [-0.05, 0) is 55.8 Å². The predicted octanol–water partition coefficient (Wildman–Crippen LogP) is 3.19. The molecule has 5 unspecified atom stereocenters. The highest BCUT2D eigenvalue weighted by molar-refractivity contribution is 5.25. The summed E-state index contributed by atoms with van der Waals surface area (Å²) in [5.41, 5.74) is 4.26. The Morgan fingerprint density at radius 3 is 2.54 bits per heavy atom. The largest absolute Gasteiger partial charge is 0.388 e. The first kappa shape index (κ1) is 19.6. The van der Waals surface area contributed by atoms with Gasteiger partial charge in [0, 0.05) is 36.6 Å². The lowest BCUT2D eigenvalue weighted by molar-refractivity contribution is 0.0572. The fourth-order valence-corrected chi connectivity index (χ4v) is 5.29. The van der Waals surface area contributed by atoms with Gasteiger partial charge in [0.15, 0.2) is 0 Å². The van der Waals surface area contributed by atoms with Crippen molar-refractivity contribution in [1.82, 2.24) is 19.6 Å². The SMILES string of the molecule is CC(C)C1CCc2nn(CCC(C)C3CCc4c(cnn4C)C3O)cc2C1O. The summed E-state index contributed by atoms with van der Waals surface area (Å²) >= 11 is 0. The van der Waals surface area contributed by atoms with Crippen LogP contribution < -0.4 is 0 Å². The molecule has 0 saturated heterocycles. The third-order valence-corrected chi connectivity index (χ3v) is 7.24. The molecule has 2 aromatic rings. The summed E-state index contributed by atoms with van der Waals surface area (Å²) in [6, 6.07) is 0. The molecule has 2 aromatic heterocycles. The van der Waals surface area contributed by atoms with Crippen LogP contribution in [0.4, 0.5) is 0 Å². The second-order valence-electron chi connectivity index (χ2n) is 9.27. The molecule has 28 heavy (non-hydrogen) atoms.